The summed E-state index contributed by atoms with van der Waals surface area (Å²) in [6, 6.07) is 8.16. The zero-order chi connectivity index (χ0) is 16.4. The number of carbonyl (C=O) groups is 1. The Kier molecular flexibility index (Phi) is 4.52. The number of carbonyl (C=O) groups excluding carboxylic acids is 1. The highest BCUT2D eigenvalue weighted by Gasteiger charge is 2.51. The lowest BCUT2D eigenvalue weighted by Crippen LogP contribution is -2.47. The molecule has 1 aliphatic heterocycles. The van der Waals surface area contributed by atoms with Gasteiger partial charge in [-0.1, -0.05) is 36.8 Å². The monoisotopic (exact) mass is 336 g/mol. The standard InChI is InChI=1S/C16H20N2O4S/c19-16(17-20)15-11-13-7-4-8-14(13)18(15)23(21,22)10-9-12-5-2-1-3-6-12/h1-3,5-6,9-10,13-15,20H,4,7-8,11H2,(H,17,19)/t13-,14-,15-/m1/s1. The van der Waals surface area contributed by atoms with Crippen LogP contribution >= 0.6 is 0 Å². The van der Waals surface area contributed by atoms with Gasteiger partial charge >= 0.3 is 0 Å². The van der Waals surface area contributed by atoms with Gasteiger partial charge in [0.25, 0.3) is 5.91 Å². The van der Waals surface area contributed by atoms with Gasteiger partial charge in [0.05, 0.1) is 0 Å². The van der Waals surface area contributed by atoms with Gasteiger partial charge in [-0.15, -0.1) is 0 Å². The van der Waals surface area contributed by atoms with E-state index in [1.54, 1.807) is 5.48 Å². The molecule has 1 amide bonds. The van der Waals surface area contributed by atoms with E-state index in [0.29, 0.717) is 6.42 Å². The third-order valence-corrected chi connectivity index (χ3v) is 6.31. The number of fused-ring (bicyclic) bond motifs is 1. The molecule has 3 atom stereocenters. The van der Waals surface area contributed by atoms with Gasteiger partial charge in [0.1, 0.15) is 6.04 Å². The highest BCUT2D eigenvalue weighted by molar-refractivity contribution is 7.92. The second-order valence-corrected chi connectivity index (χ2v) is 7.80. The number of hydrogen-bond donors (Lipinski definition) is 2. The SMILES string of the molecule is O=C(NO)[C@H]1C[C@H]2CCC[C@H]2N1S(=O)(=O)C=Cc1ccccc1. The predicted molar refractivity (Wildman–Crippen MR) is 85.7 cm³/mol. The first kappa shape index (κ1) is 16.2. The minimum atomic E-state index is -3.74. The van der Waals surface area contributed by atoms with Gasteiger partial charge in [-0.2, -0.15) is 4.31 Å². The third kappa shape index (κ3) is 3.17. The number of sulfonamides is 1. The van der Waals surface area contributed by atoms with Crippen LogP contribution in [-0.2, 0) is 14.8 Å². The van der Waals surface area contributed by atoms with E-state index < -0.39 is 22.0 Å². The van der Waals surface area contributed by atoms with Crippen molar-refractivity contribution in [1.29, 1.82) is 0 Å². The molecule has 1 saturated heterocycles. The molecule has 2 N–H and O–H groups in total. The van der Waals surface area contributed by atoms with Crippen LogP contribution in [0.3, 0.4) is 0 Å². The fourth-order valence-corrected chi connectivity index (χ4v) is 5.37. The Balaban J connectivity index is 1.89. The van der Waals surface area contributed by atoms with Gasteiger partial charge < -0.3 is 0 Å². The van der Waals surface area contributed by atoms with Crippen LogP contribution in [0.2, 0.25) is 0 Å². The predicted octanol–water partition coefficient (Wildman–Crippen LogP) is 1.74. The molecule has 1 aromatic rings. The van der Waals surface area contributed by atoms with Gasteiger partial charge in [-0.25, -0.2) is 13.9 Å². The molecule has 124 valence electrons. The molecular formula is C16H20N2O4S. The molecule has 1 saturated carbocycles. The number of nitrogens with one attached hydrogen (secondary N) is 1. The van der Waals surface area contributed by atoms with Gasteiger partial charge in [0.2, 0.25) is 10.0 Å². The van der Waals surface area contributed by atoms with Gasteiger partial charge in [-0.05, 0) is 36.8 Å². The van der Waals surface area contributed by atoms with Crippen LogP contribution in [0.15, 0.2) is 35.7 Å². The zero-order valence-electron chi connectivity index (χ0n) is 12.6. The largest absolute Gasteiger partial charge is 0.289 e. The average Bonchev–Trinajstić information content (AvgIpc) is 3.13. The first-order valence-corrected chi connectivity index (χ1v) is 9.24. The molecule has 3 rings (SSSR count). The quantitative estimate of drug-likeness (QED) is 0.648. The van der Waals surface area contributed by atoms with Gasteiger partial charge in [0, 0.05) is 11.4 Å². The second-order valence-electron chi connectivity index (χ2n) is 6.07. The van der Waals surface area contributed by atoms with Crippen molar-refractivity contribution in [3.63, 3.8) is 0 Å². The van der Waals surface area contributed by atoms with Gasteiger partial charge in [-0.3, -0.25) is 10.0 Å². The molecule has 2 aliphatic rings. The summed E-state index contributed by atoms with van der Waals surface area (Å²) in [6.45, 7) is 0. The smallest absolute Gasteiger partial charge is 0.261 e. The molecule has 1 aromatic carbocycles. The van der Waals surface area contributed by atoms with Crippen LogP contribution < -0.4 is 5.48 Å². The topological polar surface area (TPSA) is 86.7 Å². The van der Waals surface area contributed by atoms with Crippen LogP contribution in [0.1, 0.15) is 31.2 Å². The average molecular weight is 336 g/mol. The molecular weight excluding hydrogens is 316 g/mol. The number of benzene rings is 1. The number of hydrogen-bond acceptors (Lipinski definition) is 4. The lowest BCUT2D eigenvalue weighted by molar-refractivity contribution is -0.132. The van der Waals surface area contributed by atoms with Crippen molar-refractivity contribution in [1.82, 2.24) is 9.79 Å². The lowest BCUT2D eigenvalue weighted by Gasteiger charge is -2.26. The van der Waals surface area contributed by atoms with E-state index >= 15 is 0 Å². The van der Waals surface area contributed by atoms with E-state index in [4.69, 9.17) is 5.21 Å². The summed E-state index contributed by atoms with van der Waals surface area (Å²) in [4.78, 5) is 11.9. The Morgan fingerprint density at radius 1 is 1.26 bits per heavy atom. The summed E-state index contributed by atoms with van der Waals surface area (Å²) in [7, 11) is -3.74. The molecule has 1 heterocycles. The molecule has 23 heavy (non-hydrogen) atoms. The van der Waals surface area contributed by atoms with Crippen molar-refractivity contribution in [3.05, 3.63) is 41.3 Å². The third-order valence-electron chi connectivity index (χ3n) is 4.72. The Labute approximate surface area is 135 Å². The van der Waals surface area contributed by atoms with Crippen LogP contribution in [0.4, 0.5) is 0 Å². The van der Waals surface area contributed by atoms with Crippen LogP contribution in [0.5, 0.6) is 0 Å². The molecule has 0 bridgehead atoms. The van der Waals surface area contributed by atoms with Crippen molar-refractivity contribution in [2.24, 2.45) is 5.92 Å². The van der Waals surface area contributed by atoms with Crippen molar-refractivity contribution in [2.45, 2.75) is 37.8 Å². The van der Waals surface area contributed by atoms with E-state index in [0.717, 1.165) is 30.2 Å². The Morgan fingerprint density at radius 2 is 2.00 bits per heavy atom. The van der Waals surface area contributed by atoms with E-state index in [9.17, 15) is 13.2 Å². The van der Waals surface area contributed by atoms with Gasteiger partial charge in [0.15, 0.2) is 0 Å². The highest BCUT2D eigenvalue weighted by atomic mass is 32.2. The summed E-state index contributed by atoms with van der Waals surface area (Å²) in [5, 5.41) is 10.1. The molecule has 1 aliphatic carbocycles. The van der Waals surface area contributed by atoms with Crippen LogP contribution in [0, 0.1) is 5.92 Å². The summed E-state index contributed by atoms with van der Waals surface area (Å²) in [6.07, 6.45) is 4.66. The van der Waals surface area contributed by atoms with Crippen LogP contribution in [0.25, 0.3) is 6.08 Å². The number of rotatable bonds is 4. The first-order chi connectivity index (χ1) is 11.0. The second kappa shape index (κ2) is 6.43. The maximum atomic E-state index is 12.8. The molecule has 2 fully saturated rings. The van der Waals surface area contributed by atoms with E-state index in [1.807, 2.05) is 30.3 Å². The molecule has 0 spiro atoms. The zero-order valence-corrected chi connectivity index (χ0v) is 13.4. The Hall–Kier alpha value is -1.70. The summed E-state index contributed by atoms with van der Waals surface area (Å²) in [5.74, 6) is -0.465. The molecule has 0 radical (unpaired) electrons. The number of hydroxylamine groups is 1. The lowest BCUT2D eigenvalue weighted by atomic mass is 10.0. The van der Waals surface area contributed by atoms with E-state index in [2.05, 4.69) is 0 Å². The van der Waals surface area contributed by atoms with Crippen LogP contribution in [-0.4, -0.2) is 35.9 Å². The fraction of sp³-hybridized carbons (Fsp3) is 0.438. The maximum absolute atomic E-state index is 12.8. The fourth-order valence-electron chi connectivity index (χ4n) is 3.71. The van der Waals surface area contributed by atoms with Crippen molar-refractivity contribution in [3.8, 4) is 0 Å². The Morgan fingerprint density at radius 3 is 2.70 bits per heavy atom. The summed E-state index contributed by atoms with van der Waals surface area (Å²) >= 11 is 0. The highest BCUT2D eigenvalue weighted by Crippen LogP contribution is 2.43. The van der Waals surface area contributed by atoms with E-state index in [1.165, 1.54) is 10.4 Å². The molecule has 6 nitrogen and oxygen atoms in total. The van der Waals surface area contributed by atoms with Crippen molar-refractivity contribution >= 4 is 22.0 Å². The minimum absolute atomic E-state index is 0.150. The van der Waals surface area contributed by atoms with Crippen molar-refractivity contribution < 1.29 is 18.4 Å². The molecule has 0 aromatic heterocycles. The molecule has 0 unspecified atom stereocenters. The number of amides is 1. The summed E-state index contributed by atoms with van der Waals surface area (Å²) < 4.78 is 26.8. The number of nitrogens with zero attached hydrogens (tertiary/aromatic N) is 1. The molecule has 7 heteroatoms. The summed E-state index contributed by atoms with van der Waals surface area (Å²) in [5.41, 5.74) is 2.38. The Bertz CT molecular complexity index is 702. The minimum Gasteiger partial charge on any atom is -0.289 e. The maximum Gasteiger partial charge on any atom is 0.261 e. The normalized spacial score (nSPS) is 28.1. The van der Waals surface area contributed by atoms with E-state index in [-0.39, 0.29) is 12.0 Å². The first-order valence-electron chi connectivity index (χ1n) is 7.73. The van der Waals surface area contributed by atoms with Crippen molar-refractivity contribution in [2.75, 3.05) is 0 Å².